The Morgan fingerprint density at radius 1 is 1.22 bits per heavy atom. The molecule has 0 N–H and O–H groups in total. The minimum atomic E-state index is -2.98. The van der Waals surface area contributed by atoms with Gasteiger partial charge >= 0.3 is 0 Å². The quantitative estimate of drug-likeness (QED) is 0.837. The van der Waals surface area contributed by atoms with E-state index in [4.69, 9.17) is 0 Å². The van der Waals surface area contributed by atoms with Gasteiger partial charge < -0.3 is 0 Å². The summed E-state index contributed by atoms with van der Waals surface area (Å²) in [7, 11) is -2.98. The van der Waals surface area contributed by atoms with Gasteiger partial charge in [-0.25, -0.2) is 18.4 Å². The molecule has 0 amide bonds. The third-order valence-electron chi connectivity index (χ3n) is 3.78. The fourth-order valence-corrected chi connectivity index (χ4v) is 3.98. The number of rotatable bonds is 4. The van der Waals surface area contributed by atoms with E-state index in [1.165, 1.54) is 6.42 Å². The lowest BCUT2D eigenvalue weighted by atomic mass is 9.85. The molecule has 0 bridgehead atoms. The fraction of sp³-hybridized carbons (Fsp3) is 0.692. The molecule has 0 spiro atoms. The summed E-state index contributed by atoms with van der Waals surface area (Å²) in [6.45, 7) is 1.91. The third kappa shape index (κ3) is 2.41. The van der Waals surface area contributed by atoms with Crippen molar-refractivity contribution in [2.24, 2.45) is 0 Å². The van der Waals surface area contributed by atoms with Crippen LogP contribution in [0.15, 0.2) is 6.07 Å². The Hall–Kier alpha value is -0.970. The highest BCUT2D eigenvalue weighted by Crippen LogP contribution is 2.35. The van der Waals surface area contributed by atoms with Crippen LogP contribution in [0.5, 0.6) is 0 Å². The minimum Gasteiger partial charge on any atom is -0.238 e. The molecule has 0 aliphatic heterocycles. The lowest BCUT2D eigenvalue weighted by molar-refractivity contribution is 0.400. The second-order valence-electron chi connectivity index (χ2n) is 5.49. The van der Waals surface area contributed by atoms with E-state index in [1.807, 2.05) is 13.0 Å². The Kier molecular flexibility index (Phi) is 2.88. The molecule has 2 fully saturated rings. The van der Waals surface area contributed by atoms with Crippen molar-refractivity contribution in [2.45, 2.75) is 55.9 Å². The van der Waals surface area contributed by atoms with Gasteiger partial charge in [0.25, 0.3) is 0 Å². The van der Waals surface area contributed by atoms with Crippen molar-refractivity contribution in [3.63, 3.8) is 0 Å². The van der Waals surface area contributed by atoms with E-state index in [0.29, 0.717) is 11.6 Å². The largest absolute Gasteiger partial charge is 0.238 e. The molecule has 0 saturated heterocycles. The van der Waals surface area contributed by atoms with Gasteiger partial charge in [-0.2, -0.15) is 0 Å². The number of aromatic nitrogens is 2. The standard InChI is InChI=1S/C13H18N2O2S/c1-9-7-11(8-18(16,17)12-5-6-12)15-13(14-9)10-3-2-4-10/h7,10,12H,2-6,8H2,1H3. The maximum absolute atomic E-state index is 12.0. The molecule has 2 saturated carbocycles. The van der Waals surface area contributed by atoms with E-state index in [0.717, 1.165) is 37.2 Å². The van der Waals surface area contributed by atoms with Gasteiger partial charge in [-0.05, 0) is 38.7 Å². The van der Waals surface area contributed by atoms with Crippen molar-refractivity contribution in [1.29, 1.82) is 0 Å². The summed E-state index contributed by atoms with van der Waals surface area (Å²) < 4.78 is 24.0. The van der Waals surface area contributed by atoms with Gasteiger partial charge in [-0.1, -0.05) is 6.42 Å². The molecule has 1 aromatic heterocycles. The van der Waals surface area contributed by atoms with Crippen LogP contribution in [0.1, 0.15) is 55.2 Å². The topological polar surface area (TPSA) is 59.9 Å². The molecular weight excluding hydrogens is 248 g/mol. The zero-order chi connectivity index (χ0) is 12.8. The Morgan fingerprint density at radius 3 is 2.50 bits per heavy atom. The van der Waals surface area contributed by atoms with E-state index in [2.05, 4.69) is 9.97 Å². The predicted molar refractivity (Wildman–Crippen MR) is 69.0 cm³/mol. The maximum Gasteiger partial charge on any atom is 0.158 e. The second kappa shape index (κ2) is 4.30. The van der Waals surface area contributed by atoms with Gasteiger partial charge in [-0.3, -0.25) is 0 Å². The molecule has 4 nitrogen and oxygen atoms in total. The van der Waals surface area contributed by atoms with E-state index in [1.54, 1.807) is 0 Å². The van der Waals surface area contributed by atoms with Crippen LogP contribution in [0.2, 0.25) is 0 Å². The first-order chi connectivity index (χ1) is 8.54. The van der Waals surface area contributed by atoms with Crippen LogP contribution in [0, 0.1) is 6.92 Å². The van der Waals surface area contributed by atoms with Crippen LogP contribution in [-0.2, 0) is 15.6 Å². The van der Waals surface area contributed by atoms with Gasteiger partial charge in [0.2, 0.25) is 0 Å². The molecule has 2 aliphatic carbocycles. The van der Waals surface area contributed by atoms with Gasteiger partial charge in [0, 0.05) is 11.6 Å². The van der Waals surface area contributed by atoms with Gasteiger partial charge in [0.05, 0.1) is 16.7 Å². The lowest BCUT2D eigenvalue weighted by Crippen LogP contribution is -2.16. The SMILES string of the molecule is Cc1cc(CS(=O)(=O)C2CC2)nc(C2CCC2)n1. The van der Waals surface area contributed by atoms with Crippen LogP contribution >= 0.6 is 0 Å². The highest BCUT2D eigenvalue weighted by molar-refractivity contribution is 7.91. The molecule has 1 aromatic rings. The molecule has 0 aromatic carbocycles. The van der Waals surface area contributed by atoms with Crippen LogP contribution < -0.4 is 0 Å². The Labute approximate surface area is 108 Å². The molecule has 5 heteroatoms. The van der Waals surface area contributed by atoms with Crippen molar-refractivity contribution in [2.75, 3.05) is 0 Å². The summed E-state index contributed by atoms with van der Waals surface area (Å²) in [4.78, 5) is 8.90. The molecular formula is C13H18N2O2S. The van der Waals surface area contributed by atoms with Crippen LogP contribution in [0.4, 0.5) is 0 Å². The highest BCUT2D eigenvalue weighted by atomic mass is 32.2. The number of hydrogen-bond acceptors (Lipinski definition) is 4. The monoisotopic (exact) mass is 266 g/mol. The normalized spacial score (nSPS) is 20.7. The number of nitrogens with zero attached hydrogens (tertiary/aromatic N) is 2. The van der Waals surface area contributed by atoms with Crippen molar-refractivity contribution in [3.8, 4) is 0 Å². The van der Waals surface area contributed by atoms with Crippen molar-refractivity contribution < 1.29 is 8.42 Å². The Balaban J connectivity index is 1.84. The van der Waals surface area contributed by atoms with E-state index < -0.39 is 9.84 Å². The van der Waals surface area contributed by atoms with Crippen molar-refractivity contribution in [3.05, 3.63) is 23.3 Å². The molecule has 0 radical (unpaired) electrons. The lowest BCUT2D eigenvalue weighted by Gasteiger charge is -2.24. The summed E-state index contributed by atoms with van der Waals surface area (Å²) in [5.74, 6) is 1.38. The summed E-state index contributed by atoms with van der Waals surface area (Å²) in [6.07, 6.45) is 5.15. The molecule has 2 aliphatic rings. The van der Waals surface area contributed by atoms with Crippen molar-refractivity contribution >= 4 is 9.84 Å². The second-order valence-corrected chi connectivity index (χ2v) is 7.77. The zero-order valence-corrected chi connectivity index (χ0v) is 11.4. The van der Waals surface area contributed by atoms with Crippen LogP contribution in [0.3, 0.4) is 0 Å². The molecule has 3 rings (SSSR count). The van der Waals surface area contributed by atoms with Gasteiger partial charge in [-0.15, -0.1) is 0 Å². The summed E-state index contributed by atoms with van der Waals surface area (Å²) >= 11 is 0. The molecule has 0 atom stereocenters. The fourth-order valence-electron chi connectivity index (χ4n) is 2.33. The smallest absolute Gasteiger partial charge is 0.158 e. The summed E-state index contributed by atoms with van der Waals surface area (Å²) in [6, 6.07) is 1.81. The first-order valence-electron chi connectivity index (χ1n) is 6.60. The molecule has 1 heterocycles. The van der Waals surface area contributed by atoms with Crippen molar-refractivity contribution in [1.82, 2.24) is 9.97 Å². The van der Waals surface area contributed by atoms with Crippen LogP contribution in [0.25, 0.3) is 0 Å². The Bertz CT molecular complexity index is 560. The van der Waals surface area contributed by atoms with E-state index >= 15 is 0 Å². The van der Waals surface area contributed by atoms with Gasteiger partial charge in [0.15, 0.2) is 9.84 Å². The Morgan fingerprint density at radius 2 is 1.94 bits per heavy atom. The average Bonchev–Trinajstić information content (AvgIpc) is 2.94. The van der Waals surface area contributed by atoms with Gasteiger partial charge in [0.1, 0.15) is 5.82 Å². The number of sulfone groups is 1. The first kappa shape index (κ1) is 12.1. The average molecular weight is 266 g/mol. The first-order valence-corrected chi connectivity index (χ1v) is 8.32. The molecule has 0 unspecified atom stereocenters. The third-order valence-corrected chi connectivity index (χ3v) is 5.96. The zero-order valence-electron chi connectivity index (χ0n) is 10.6. The van der Waals surface area contributed by atoms with E-state index in [-0.39, 0.29) is 11.0 Å². The maximum atomic E-state index is 12.0. The van der Waals surface area contributed by atoms with E-state index in [9.17, 15) is 8.42 Å². The van der Waals surface area contributed by atoms with Crippen LogP contribution in [-0.4, -0.2) is 23.6 Å². The number of aryl methyl sites for hydroxylation is 1. The number of hydrogen-bond donors (Lipinski definition) is 0. The molecule has 18 heavy (non-hydrogen) atoms. The highest BCUT2D eigenvalue weighted by Gasteiger charge is 2.36. The summed E-state index contributed by atoms with van der Waals surface area (Å²) in [5, 5.41) is -0.111. The predicted octanol–water partition coefficient (Wildman–Crippen LogP) is 2.13. The summed E-state index contributed by atoms with van der Waals surface area (Å²) in [5.41, 5.74) is 1.56. The molecule has 98 valence electrons. The minimum absolute atomic E-state index is 0.0841.